The van der Waals surface area contributed by atoms with E-state index in [0.717, 1.165) is 0 Å². The Kier molecular flexibility index (Phi) is 4.42. The Hall–Kier alpha value is -1.20. The van der Waals surface area contributed by atoms with Crippen LogP contribution in [0.1, 0.15) is 19.4 Å². The number of hydrogen-bond acceptors (Lipinski definition) is 3. The number of Topliss-reactive ketones (excluding diaryl/α,β-unsaturated/α-hetero) is 1. The predicted octanol–water partition coefficient (Wildman–Crippen LogP) is 1.36. The van der Waals surface area contributed by atoms with Crippen molar-refractivity contribution in [3.05, 3.63) is 29.8 Å². The number of nitrogens with one attached hydrogen (secondary N) is 1. The number of rotatable bonds is 5. The minimum atomic E-state index is -3.50. The highest BCUT2D eigenvalue weighted by atomic mass is 32.2. The van der Waals surface area contributed by atoms with Gasteiger partial charge in [-0.15, -0.1) is 0 Å². The lowest BCUT2D eigenvalue weighted by molar-refractivity contribution is -0.121. The highest BCUT2D eigenvalue weighted by molar-refractivity contribution is 7.89. The fourth-order valence-corrected chi connectivity index (χ4v) is 2.38. The second-order valence-electron chi connectivity index (χ2n) is 4.11. The molecule has 1 N–H and O–H groups in total. The predicted molar refractivity (Wildman–Crippen MR) is 66.2 cm³/mol. The maximum absolute atomic E-state index is 11.8. The molecule has 0 unspecified atom stereocenters. The van der Waals surface area contributed by atoms with Crippen molar-refractivity contribution in [2.45, 2.75) is 25.2 Å². The molecule has 0 atom stereocenters. The zero-order valence-corrected chi connectivity index (χ0v) is 11.0. The fraction of sp³-hybridized carbons (Fsp3) is 0.417. The lowest BCUT2D eigenvalue weighted by atomic mass is 10.0. The Morgan fingerprint density at radius 1 is 1.29 bits per heavy atom. The Balaban J connectivity index is 3.14. The molecule has 0 aliphatic rings. The normalized spacial score (nSPS) is 11.8. The van der Waals surface area contributed by atoms with Gasteiger partial charge in [0.05, 0.1) is 4.90 Å². The number of benzene rings is 1. The van der Waals surface area contributed by atoms with Gasteiger partial charge in [-0.1, -0.05) is 32.0 Å². The van der Waals surface area contributed by atoms with Crippen LogP contribution in [0.5, 0.6) is 0 Å². The van der Waals surface area contributed by atoms with E-state index in [4.69, 9.17) is 0 Å². The van der Waals surface area contributed by atoms with Crippen molar-refractivity contribution in [3.8, 4) is 0 Å². The van der Waals surface area contributed by atoms with Gasteiger partial charge in [-0.3, -0.25) is 4.79 Å². The Morgan fingerprint density at radius 2 is 1.88 bits per heavy atom. The number of carbonyl (C=O) groups excluding carboxylic acids is 1. The van der Waals surface area contributed by atoms with Gasteiger partial charge in [0, 0.05) is 12.3 Å². The van der Waals surface area contributed by atoms with Crippen LogP contribution >= 0.6 is 0 Å². The molecular formula is C12H17NO3S. The molecule has 1 rings (SSSR count). The summed E-state index contributed by atoms with van der Waals surface area (Å²) in [6.07, 6.45) is 0.148. The molecular weight excluding hydrogens is 238 g/mol. The van der Waals surface area contributed by atoms with Gasteiger partial charge in [-0.2, -0.15) is 0 Å². The molecule has 0 aliphatic heterocycles. The smallest absolute Gasteiger partial charge is 0.240 e. The molecule has 1 aromatic carbocycles. The molecule has 1 aromatic rings. The SMILES string of the molecule is CNS(=O)(=O)c1ccccc1CC(=O)C(C)C. The van der Waals surface area contributed by atoms with Gasteiger partial charge in [-0.05, 0) is 18.7 Å². The lowest BCUT2D eigenvalue weighted by Gasteiger charge is -2.10. The first-order chi connectivity index (χ1) is 7.88. The first kappa shape index (κ1) is 13.9. The first-order valence-electron chi connectivity index (χ1n) is 5.42. The maximum Gasteiger partial charge on any atom is 0.240 e. The van der Waals surface area contributed by atoms with Crippen molar-refractivity contribution in [3.63, 3.8) is 0 Å². The van der Waals surface area contributed by atoms with Gasteiger partial charge in [-0.25, -0.2) is 13.1 Å². The molecule has 0 saturated heterocycles. The summed E-state index contributed by atoms with van der Waals surface area (Å²) >= 11 is 0. The molecule has 0 spiro atoms. The third-order valence-corrected chi connectivity index (χ3v) is 4.05. The minimum absolute atomic E-state index is 0.0313. The number of hydrogen-bond donors (Lipinski definition) is 1. The van der Waals surface area contributed by atoms with Crippen LogP contribution in [0, 0.1) is 5.92 Å². The maximum atomic E-state index is 11.8. The number of ketones is 1. The van der Waals surface area contributed by atoms with Crippen LogP contribution in [0.2, 0.25) is 0 Å². The summed E-state index contributed by atoms with van der Waals surface area (Å²) in [6, 6.07) is 6.56. The van der Waals surface area contributed by atoms with Crippen LogP contribution in [0.3, 0.4) is 0 Å². The van der Waals surface area contributed by atoms with E-state index >= 15 is 0 Å². The van der Waals surface area contributed by atoms with Crippen LogP contribution in [-0.4, -0.2) is 21.2 Å². The van der Waals surface area contributed by atoms with Crippen molar-refractivity contribution in [2.75, 3.05) is 7.05 Å². The Bertz CT molecular complexity index is 506. The third-order valence-electron chi connectivity index (χ3n) is 2.54. The monoisotopic (exact) mass is 255 g/mol. The van der Waals surface area contributed by atoms with Crippen LogP contribution < -0.4 is 4.72 Å². The molecule has 0 aliphatic carbocycles. The summed E-state index contributed by atoms with van der Waals surface area (Å²) in [6.45, 7) is 3.61. The van der Waals surface area contributed by atoms with E-state index < -0.39 is 10.0 Å². The van der Waals surface area contributed by atoms with Crippen molar-refractivity contribution in [1.29, 1.82) is 0 Å². The molecule has 0 bridgehead atoms. The summed E-state index contributed by atoms with van der Waals surface area (Å²) in [7, 11) is -2.14. The van der Waals surface area contributed by atoms with Crippen molar-refractivity contribution >= 4 is 15.8 Å². The second-order valence-corrected chi connectivity index (χ2v) is 5.97. The van der Waals surface area contributed by atoms with Crippen LogP contribution in [-0.2, 0) is 21.2 Å². The van der Waals surface area contributed by atoms with E-state index in [1.54, 1.807) is 32.0 Å². The van der Waals surface area contributed by atoms with Gasteiger partial charge in [0.2, 0.25) is 10.0 Å². The molecule has 0 heterocycles. The van der Waals surface area contributed by atoms with Gasteiger partial charge in [0.25, 0.3) is 0 Å². The van der Waals surface area contributed by atoms with Crippen LogP contribution in [0.4, 0.5) is 0 Å². The van der Waals surface area contributed by atoms with E-state index in [1.807, 2.05) is 0 Å². The summed E-state index contributed by atoms with van der Waals surface area (Å²) in [4.78, 5) is 11.8. The molecule has 4 nitrogen and oxygen atoms in total. The van der Waals surface area contributed by atoms with E-state index in [1.165, 1.54) is 13.1 Å². The molecule has 0 saturated carbocycles. The topological polar surface area (TPSA) is 63.2 Å². The van der Waals surface area contributed by atoms with E-state index in [9.17, 15) is 13.2 Å². The zero-order chi connectivity index (χ0) is 13.1. The molecule has 0 radical (unpaired) electrons. The highest BCUT2D eigenvalue weighted by Gasteiger charge is 2.18. The van der Waals surface area contributed by atoms with Crippen molar-refractivity contribution in [1.82, 2.24) is 4.72 Å². The second kappa shape index (κ2) is 5.42. The molecule has 5 heteroatoms. The highest BCUT2D eigenvalue weighted by Crippen LogP contribution is 2.17. The third kappa shape index (κ3) is 3.38. The van der Waals surface area contributed by atoms with Crippen molar-refractivity contribution in [2.24, 2.45) is 5.92 Å². The summed E-state index contributed by atoms with van der Waals surface area (Å²) in [5.74, 6) is -0.0656. The van der Waals surface area contributed by atoms with Gasteiger partial charge < -0.3 is 0 Å². The quantitative estimate of drug-likeness (QED) is 0.864. The average Bonchev–Trinajstić information content (AvgIpc) is 2.29. The van der Waals surface area contributed by atoms with Gasteiger partial charge in [0.1, 0.15) is 5.78 Å². The number of carbonyl (C=O) groups is 1. The average molecular weight is 255 g/mol. The summed E-state index contributed by atoms with van der Waals surface area (Å²) in [5.41, 5.74) is 0.542. The molecule has 0 aromatic heterocycles. The number of sulfonamides is 1. The molecule has 0 fully saturated rings. The van der Waals surface area contributed by atoms with E-state index in [2.05, 4.69) is 4.72 Å². The van der Waals surface area contributed by atoms with E-state index in [0.29, 0.717) is 5.56 Å². The molecule has 94 valence electrons. The molecule has 0 amide bonds. The molecule has 17 heavy (non-hydrogen) atoms. The standard InChI is InChI=1S/C12H17NO3S/c1-9(2)11(14)8-10-6-4-5-7-12(10)17(15,16)13-3/h4-7,9,13H,8H2,1-3H3. The Morgan fingerprint density at radius 3 is 2.41 bits per heavy atom. The van der Waals surface area contributed by atoms with Crippen LogP contribution in [0.15, 0.2) is 29.2 Å². The minimum Gasteiger partial charge on any atom is -0.299 e. The van der Waals surface area contributed by atoms with Crippen molar-refractivity contribution < 1.29 is 13.2 Å². The first-order valence-corrected chi connectivity index (χ1v) is 6.91. The largest absolute Gasteiger partial charge is 0.299 e. The summed E-state index contributed by atoms with van der Waals surface area (Å²) < 4.78 is 25.8. The Labute approximate surface area is 102 Å². The van der Waals surface area contributed by atoms with E-state index in [-0.39, 0.29) is 23.0 Å². The zero-order valence-electron chi connectivity index (χ0n) is 10.2. The fourth-order valence-electron chi connectivity index (χ4n) is 1.41. The van der Waals surface area contributed by atoms with Gasteiger partial charge >= 0.3 is 0 Å². The van der Waals surface area contributed by atoms with Gasteiger partial charge in [0.15, 0.2) is 0 Å². The van der Waals surface area contributed by atoms with Crippen LogP contribution in [0.25, 0.3) is 0 Å². The summed E-state index contributed by atoms with van der Waals surface area (Å²) in [5, 5.41) is 0. The lowest BCUT2D eigenvalue weighted by Crippen LogP contribution is -2.21.